The standard InChI is InChI=1S/C15H24FNO/c1-11(2)5-6-15(4,10-18)17-14-8-12(3)7-13(16)9-14/h7-9,11,17-18H,5-6,10H2,1-4H3. The van der Waals surface area contributed by atoms with E-state index in [2.05, 4.69) is 19.2 Å². The molecule has 2 N–H and O–H groups in total. The molecule has 1 rings (SSSR count). The minimum Gasteiger partial charge on any atom is -0.394 e. The van der Waals surface area contributed by atoms with Crippen LogP contribution >= 0.6 is 0 Å². The number of benzene rings is 1. The van der Waals surface area contributed by atoms with E-state index in [1.165, 1.54) is 12.1 Å². The molecule has 0 aromatic heterocycles. The number of nitrogens with one attached hydrogen (secondary N) is 1. The van der Waals surface area contributed by atoms with E-state index in [9.17, 15) is 9.50 Å². The van der Waals surface area contributed by atoms with E-state index in [1.54, 1.807) is 0 Å². The summed E-state index contributed by atoms with van der Waals surface area (Å²) in [4.78, 5) is 0. The highest BCUT2D eigenvalue weighted by molar-refractivity contribution is 5.48. The SMILES string of the molecule is Cc1cc(F)cc(NC(C)(CO)CCC(C)C)c1. The van der Waals surface area contributed by atoms with E-state index in [0.717, 1.165) is 24.1 Å². The average molecular weight is 253 g/mol. The van der Waals surface area contributed by atoms with Gasteiger partial charge in [-0.3, -0.25) is 0 Å². The van der Waals surface area contributed by atoms with Crippen LogP contribution in [0.25, 0.3) is 0 Å². The highest BCUT2D eigenvalue weighted by atomic mass is 19.1. The molecule has 0 heterocycles. The van der Waals surface area contributed by atoms with Crippen molar-refractivity contribution in [1.29, 1.82) is 0 Å². The van der Waals surface area contributed by atoms with Gasteiger partial charge in [0.2, 0.25) is 0 Å². The van der Waals surface area contributed by atoms with Crippen molar-refractivity contribution in [2.45, 2.75) is 46.1 Å². The number of hydrogen-bond acceptors (Lipinski definition) is 2. The van der Waals surface area contributed by atoms with Gasteiger partial charge in [0.1, 0.15) is 5.82 Å². The zero-order valence-electron chi connectivity index (χ0n) is 11.8. The zero-order valence-corrected chi connectivity index (χ0v) is 11.8. The Kier molecular flexibility index (Phi) is 5.15. The van der Waals surface area contributed by atoms with Gasteiger partial charge in [0.25, 0.3) is 0 Å². The summed E-state index contributed by atoms with van der Waals surface area (Å²) in [7, 11) is 0. The summed E-state index contributed by atoms with van der Waals surface area (Å²) in [6, 6.07) is 4.86. The zero-order chi connectivity index (χ0) is 13.8. The smallest absolute Gasteiger partial charge is 0.125 e. The van der Waals surface area contributed by atoms with Gasteiger partial charge in [-0.25, -0.2) is 4.39 Å². The maximum atomic E-state index is 13.3. The minimum absolute atomic E-state index is 0.0370. The lowest BCUT2D eigenvalue weighted by molar-refractivity contribution is 0.208. The molecule has 0 amide bonds. The van der Waals surface area contributed by atoms with Crippen molar-refractivity contribution in [1.82, 2.24) is 0 Å². The van der Waals surface area contributed by atoms with Crippen LogP contribution in [0.15, 0.2) is 18.2 Å². The van der Waals surface area contributed by atoms with Crippen LogP contribution in [0, 0.1) is 18.7 Å². The average Bonchev–Trinajstić information content (AvgIpc) is 2.25. The third-order valence-corrected chi connectivity index (χ3v) is 3.11. The first-order valence-corrected chi connectivity index (χ1v) is 6.51. The third-order valence-electron chi connectivity index (χ3n) is 3.11. The van der Waals surface area contributed by atoms with Crippen LogP contribution in [0.1, 0.15) is 39.2 Å². The molecule has 1 unspecified atom stereocenters. The Morgan fingerprint density at radius 2 is 2.00 bits per heavy atom. The van der Waals surface area contributed by atoms with E-state index >= 15 is 0 Å². The normalized spacial score (nSPS) is 14.6. The molecule has 0 saturated heterocycles. The van der Waals surface area contributed by atoms with E-state index < -0.39 is 5.54 Å². The predicted octanol–water partition coefficient (Wildman–Crippen LogP) is 3.73. The van der Waals surface area contributed by atoms with Crippen molar-refractivity contribution in [3.05, 3.63) is 29.6 Å². The topological polar surface area (TPSA) is 32.3 Å². The van der Waals surface area contributed by atoms with Crippen molar-refractivity contribution in [2.75, 3.05) is 11.9 Å². The molecule has 0 spiro atoms. The molecule has 3 heteroatoms. The molecule has 0 radical (unpaired) electrons. The number of aliphatic hydroxyl groups is 1. The molecule has 2 nitrogen and oxygen atoms in total. The first kappa shape index (κ1) is 15.0. The first-order valence-electron chi connectivity index (χ1n) is 6.51. The van der Waals surface area contributed by atoms with Crippen LogP contribution in [-0.4, -0.2) is 17.3 Å². The lowest BCUT2D eigenvalue weighted by Gasteiger charge is -2.31. The van der Waals surface area contributed by atoms with Crippen molar-refractivity contribution in [2.24, 2.45) is 5.92 Å². The fourth-order valence-corrected chi connectivity index (χ4v) is 1.95. The van der Waals surface area contributed by atoms with Gasteiger partial charge in [-0.2, -0.15) is 0 Å². The predicted molar refractivity (Wildman–Crippen MR) is 74.3 cm³/mol. The molecule has 1 aromatic carbocycles. The number of halogens is 1. The van der Waals surface area contributed by atoms with E-state index in [4.69, 9.17) is 0 Å². The van der Waals surface area contributed by atoms with Gasteiger partial charge in [-0.05, 0) is 56.4 Å². The highest BCUT2D eigenvalue weighted by Gasteiger charge is 2.23. The van der Waals surface area contributed by atoms with Gasteiger partial charge >= 0.3 is 0 Å². The fraction of sp³-hybridized carbons (Fsp3) is 0.600. The van der Waals surface area contributed by atoms with Crippen LogP contribution < -0.4 is 5.32 Å². The molecule has 0 aliphatic rings. The molecule has 18 heavy (non-hydrogen) atoms. The molecule has 1 aromatic rings. The Labute approximate surface area is 109 Å². The summed E-state index contributed by atoms with van der Waals surface area (Å²) in [6.07, 6.45) is 1.88. The molecule has 0 saturated carbocycles. The van der Waals surface area contributed by atoms with Crippen LogP contribution in [0.3, 0.4) is 0 Å². The number of rotatable bonds is 6. The second kappa shape index (κ2) is 6.19. The maximum absolute atomic E-state index is 13.3. The van der Waals surface area contributed by atoms with Crippen LogP contribution in [-0.2, 0) is 0 Å². The van der Waals surface area contributed by atoms with Crippen LogP contribution in [0.2, 0.25) is 0 Å². The second-order valence-corrected chi connectivity index (χ2v) is 5.79. The number of anilines is 1. The summed E-state index contributed by atoms with van der Waals surface area (Å²) >= 11 is 0. The highest BCUT2D eigenvalue weighted by Crippen LogP contribution is 2.23. The molecule has 0 aliphatic heterocycles. The Morgan fingerprint density at radius 1 is 1.33 bits per heavy atom. The van der Waals surface area contributed by atoms with Gasteiger partial charge in [0, 0.05) is 5.69 Å². The van der Waals surface area contributed by atoms with Gasteiger partial charge in [0.05, 0.1) is 12.1 Å². The van der Waals surface area contributed by atoms with E-state index in [-0.39, 0.29) is 12.4 Å². The first-order chi connectivity index (χ1) is 8.34. The van der Waals surface area contributed by atoms with Gasteiger partial charge in [-0.15, -0.1) is 0 Å². The Morgan fingerprint density at radius 3 is 2.50 bits per heavy atom. The van der Waals surface area contributed by atoms with Crippen LogP contribution in [0.4, 0.5) is 10.1 Å². The molecular weight excluding hydrogens is 229 g/mol. The summed E-state index contributed by atoms with van der Waals surface area (Å²) in [5.41, 5.74) is 1.21. The second-order valence-electron chi connectivity index (χ2n) is 5.79. The molecule has 102 valence electrons. The Hall–Kier alpha value is -1.09. The van der Waals surface area contributed by atoms with Crippen molar-refractivity contribution in [3.63, 3.8) is 0 Å². The number of aliphatic hydroxyl groups excluding tert-OH is 1. The molecule has 0 aliphatic carbocycles. The number of hydrogen-bond donors (Lipinski definition) is 2. The third kappa shape index (κ3) is 4.65. The lowest BCUT2D eigenvalue weighted by atomic mass is 9.92. The fourth-order valence-electron chi connectivity index (χ4n) is 1.95. The Balaban J connectivity index is 2.77. The quantitative estimate of drug-likeness (QED) is 0.809. The molecule has 0 fully saturated rings. The summed E-state index contributed by atoms with van der Waals surface area (Å²) in [5, 5.41) is 12.8. The van der Waals surface area contributed by atoms with Crippen molar-refractivity contribution >= 4 is 5.69 Å². The maximum Gasteiger partial charge on any atom is 0.125 e. The Bertz CT molecular complexity index is 372. The minimum atomic E-state index is -0.398. The summed E-state index contributed by atoms with van der Waals surface area (Å²) < 4.78 is 13.3. The summed E-state index contributed by atoms with van der Waals surface area (Å²) in [6.45, 7) is 8.18. The van der Waals surface area contributed by atoms with Gasteiger partial charge < -0.3 is 10.4 Å². The number of aryl methyl sites for hydroxylation is 1. The largest absolute Gasteiger partial charge is 0.394 e. The van der Waals surface area contributed by atoms with Crippen molar-refractivity contribution in [3.8, 4) is 0 Å². The summed E-state index contributed by atoms with van der Waals surface area (Å²) in [5.74, 6) is 0.341. The van der Waals surface area contributed by atoms with Crippen LogP contribution in [0.5, 0.6) is 0 Å². The van der Waals surface area contributed by atoms with E-state index in [1.807, 2.05) is 19.9 Å². The molecular formula is C15H24FNO. The van der Waals surface area contributed by atoms with Crippen molar-refractivity contribution < 1.29 is 9.50 Å². The monoisotopic (exact) mass is 253 g/mol. The van der Waals surface area contributed by atoms with Gasteiger partial charge in [0.15, 0.2) is 0 Å². The van der Waals surface area contributed by atoms with E-state index in [0.29, 0.717) is 5.92 Å². The van der Waals surface area contributed by atoms with Gasteiger partial charge in [-0.1, -0.05) is 13.8 Å². The molecule has 0 bridgehead atoms. The molecule has 1 atom stereocenters. The lowest BCUT2D eigenvalue weighted by Crippen LogP contribution is -2.39.